The zero-order valence-corrected chi connectivity index (χ0v) is 20.9. The van der Waals surface area contributed by atoms with Gasteiger partial charge in [-0.3, -0.25) is 4.79 Å². The van der Waals surface area contributed by atoms with Gasteiger partial charge >= 0.3 is 0 Å². The summed E-state index contributed by atoms with van der Waals surface area (Å²) < 4.78 is 0. The molecule has 1 aliphatic heterocycles. The molecule has 7 rings (SSSR count). The zero-order chi connectivity index (χ0) is 23.6. The Morgan fingerprint density at radius 1 is 0.941 bits per heavy atom. The van der Waals surface area contributed by atoms with Gasteiger partial charge < -0.3 is 10.6 Å². The van der Waals surface area contributed by atoms with Gasteiger partial charge in [0.05, 0.1) is 5.41 Å². The highest BCUT2D eigenvalue weighted by Crippen LogP contribution is 2.68. The molecule has 2 unspecified atom stereocenters. The van der Waals surface area contributed by atoms with Crippen LogP contribution in [0.5, 0.6) is 0 Å². The molecule has 2 N–H and O–H groups in total. The van der Waals surface area contributed by atoms with Crippen molar-refractivity contribution in [3.8, 4) is 0 Å². The Hall–Kier alpha value is -2.13. The molecule has 34 heavy (non-hydrogen) atoms. The summed E-state index contributed by atoms with van der Waals surface area (Å²) in [5.74, 6) is 2.41. The van der Waals surface area contributed by atoms with Gasteiger partial charge in [-0.1, -0.05) is 74.5 Å². The summed E-state index contributed by atoms with van der Waals surface area (Å²) >= 11 is 0. The average molecular weight is 457 g/mol. The van der Waals surface area contributed by atoms with Gasteiger partial charge in [-0.15, -0.1) is 0 Å². The normalized spacial score (nSPS) is 38.1. The van der Waals surface area contributed by atoms with Crippen LogP contribution in [0.15, 0.2) is 60.7 Å². The van der Waals surface area contributed by atoms with Crippen molar-refractivity contribution in [3.63, 3.8) is 0 Å². The van der Waals surface area contributed by atoms with E-state index in [1.807, 2.05) is 0 Å². The summed E-state index contributed by atoms with van der Waals surface area (Å²) in [6.45, 7) is 6.10. The van der Waals surface area contributed by atoms with Crippen LogP contribution < -0.4 is 5.73 Å². The van der Waals surface area contributed by atoms with Crippen molar-refractivity contribution in [1.29, 1.82) is 0 Å². The molecule has 4 aliphatic carbocycles. The van der Waals surface area contributed by atoms with E-state index in [9.17, 15) is 4.79 Å². The second-order valence-electron chi connectivity index (χ2n) is 12.9. The van der Waals surface area contributed by atoms with Crippen LogP contribution in [0.25, 0.3) is 0 Å². The van der Waals surface area contributed by atoms with E-state index >= 15 is 0 Å². The molecule has 5 fully saturated rings. The molecule has 1 saturated heterocycles. The van der Waals surface area contributed by atoms with E-state index in [1.165, 1.54) is 24.0 Å². The van der Waals surface area contributed by atoms with Crippen LogP contribution in [0.4, 0.5) is 0 Å². The molecule has 5 aliphatic rings. The predicted octanol–water partition coefficient (Wildman–Crippen LogP) is 5.58. The van der Waals surface area contributed by atoms with Gasteiger partial charge in [0.1, 0.15) is 0 Å². The highest BCUT2D eigenvalue weighted by atomic mass is 16.2. The SMILES string of the molecule is CC1(C)CN(C(=O)C23CC4CC(c5ccccc5)(CC(C2)C4Cc2ccccc2)C3)CC[C@@H]1N. The molecule has 0 radical (unpaired) electrons. The van der Waals surface area contributed by atoms with Gasteiger partial charge in [0.15, 0.2) is 0 Å². The highest BCUT2D eigenvalue weighted by Gasteiger charge is 2.64. The van der Waals surface area contributed by atoms with E-state index in [0.29, 0.717) is 23.7 Å². The first kappa shape index (κ1) is 22.3. The standard InChI is InChI=1S/C31H40N2O/c1-29(2)21-33(14-13-27(29)32)28(34)31-18-23-16-30(20-31,25-11-7-4-8-12-25)17-24(19-31)26(23)15-22-9-5-3-6-10-22/h3-12,23-24,26-27H,13-21,32H2,1-2H3/t23?,24?,26?,27-,30?,31?/m0/s1. The van der Waals surface area contributed by atoms with Gasteiger partial charge in [-0.25, -0.2) is 0 Å². The number of nitrogens with zero attached hydrogens (tertiary/aromatic N) is 1. The first-order chi connectivity index (χ1) is 16.3. The van der Waals surface area contributed by atoms with Crippen molar-refractivity contribution < 1.29 is 4.79 Å². The van der Waals surface area contributed by atoms with Crippen molar-refractivity contribution in [3.05, 3.63) is 71.8 Å². The predicted molar refractivity (Wildman–Crippen MR) is 137 cm³/mol. The molecule has 3 atom stereocenters. The number of hydrogen-bond donors (Lipinski definition) is 1. The fourth-order valence-corrected chi connectivity index (χ4v) is 8.73. The maximum absolute atomic E-state index is 14.4. The van der Waals surface area contributed by atoms with Crippen LogP contribution in [0.2, 0.25) is 0 Å². The largest absolute Gasteiger partial charge is 0.342 e. The van der Waals surface area contributed by atoms with Crippen molar-refractivity contribution in [2.24, 2.45) is 34.3 Å². The molecule has 3 nitrogen and oxygen atoms in total. The Labute approximate surface area is 205 Å². The lowest BCUT2D eigenvalue weighted by Gasteiger charge is -2.65. The maximum Gasteiger partial charge on any atom is 0.228 e. The number of likely N-dealkylation sites (tertiary alicyclic amines) is 1. The quantitative estimate of drug-likeness (QED) is 0.653. The van der Waals surface area contributed by atoms with Gasteiger partial charge in [-0.05, 0) is 84.7 Å². The number of carbonyl (C=O) groups excluding carboxylic acids is 1. The lowest BCUT2D eigenvalue weighted by molar-refractivity contribution is -0.171. The van der Waals surface area contributed by atoms with Crippen LogP contribution in [-0.4, -0.2) is 29.9 Å². The van der Waals surface area contributed by atoms with Crippen molar-refractivity contribution in [1.82, 2.24) is 4.90 Å². The number of benzene rings is 2. The molecule has 2 aromatic rings. The van der Waals surface area contributed by atoms with Crippen LogP contribution in [-0.2, 0) is 16.6 Å². The van der Waals surface area contributed by atoms with Crippen molar-refractivity contribution in [2.75, 3.05) is 13.1 Å². The Kier molecular flexibility index (Phi) is 5.22. The first-order valence-corrected chi connectivity index (χ1v) is 13.4. The molecule has 0 spiro atoms. The number of nitrogens with two attached hydrogens (primary N) is 1. The number of piperidine rings is 1. The molecule has 4 bridgehead atoms. The third-order valence-corrected chi connectivity index (χ3v) is 10.3. The Morgan fingerprint density at radius 3 is 2.18 bits per heavy atom. The summed E-state index contributed by atoms with van der Waals surface area (Å²) in [6, 6.07) is 22.4. The summed E-state index contributed by atoms with van der Waals surface area (Å²) in [6.07, 6.45) is 7.78. The summed E-state index contributed by atoms with van der Waals surface area (Å²) in [7, 11) is 0. The number of amides is 1. The molecule has 1 heterocycles. The second kappa shape index (κ2) is 7.95. The highest BCUT2D eigenvalue weighted by molar-refractivity contribution is 5.84. The van der Waals surface area contributed by atoms with Gasteiger partial charge in [0.25, 0.3) is 0 Å². The van der Waals surface area contributed by atoms with E-state index in [2.05, 4.69) is 79.4 Å². The molecule has 2 aromatic carbocycles. The molecular formula is C31H40N2O. The van der Waals surface area contributed by atoms with E-state index < -0.39 is 0 Å². The molecule has 4 saturated carbocycles. The van der Waals surface area contributed by atoms with E-state index in [4.69, 9.17) is 5.73 Å². The number of rotatable bonds is 4. The van der Waals surface area contributed by atoms with E-state index in [-0.39, 0.29) is 22.3 Å². The minimum absolute atomic E-state index is 0.0107. The monoisotopic (exact) mass is 456 g/mol. The lowest BCUT2D eigenvalue weighted by Crippen LogP contribution is -2.64. The van der Waals surface area contributed by atoms with Crippen molar-refractivity contribution in [2.45, 2.75) is 70.3 Å². The van der Waals surface area contributed by atoms with Gasteiger partial charge in [0.2, 0.25) is 5.91 Å². The summed E-state index contributed by atoms with van der Waals surface area (Å²) in [4.78, 5) is 16.6. The van der Waals surface area contributed by atoms with Crippen molar-refractivity contribution >= 4 is 5.91 Å². The Morgan fingerprint density at radius 2 is 1.56 bits per heavy atom. The molecular weight excluding hydrogens is 416 g/mol. The van der Waals surface area contributed by atoms with Crippen LogP contribution in [0.3, 0.4) is 0 Å². The smallest absolute Gasteiger partial charge is 0.228 e. The summed E-state index contributed by atoms with van der Waals surface area (Å²) in [5.41, 5.74) is 9.33. The van der Waals surface area contributed by atoms with E-state index in [0.717, 1.165) is 45.2 Å². The summed E-state index contributed by atoms with van der Waals surface area (Å²) in [5, 5.41) is 0. The Balaban J connectivity index is 1.34. The molecule has 1 amide bonds. The van der Waals surface area contributed by atoms with Crippen LogP contribution in [0, 0.1) is 28.6 Å². The number of carbonyl (C=O) groups is 1. The fourth-order valence-electron chi connectivity index (χ4n) is 8.73. The minimum atomic E-state index is -0.188. The number of hydrogen-bond acceptors (Lipinski definition) is 2. The Bertz CT molecular complexity index is 1030. The molecule has 180 valence electrons. The maximum atomic E-state index is 14.4. The fraction of sp³-hybridized carbons (Fsp3) is 0.581. The average Bonchev–Trinajstić information content (AvgIpc) is 2.83. The molecule has 0 aromatic heterocycles. The van der Waals surface area contributed by atoms with Crippen LogP contribution in [0.1, 0.15) is 63.5 Å². The topological polar surface area (TPSA) is 46.3 Å². The second-order valence-corrected chi connectivity index (χ2v) is 12.9. The van der Waals surface area contributed by atoms with Gasteiger partial charge in [0, 0.05) is 19.1 Å². The minimum Gasteiger partial charge on any atom is -0.342 e. The van der Waals surface area contributed by atoms with Gasteiger partial charge in [-0.2, -0.15) is 0 Å². The third kappa shape index (κ3) is 3.54. The third-order valence-electron chi connectivity index (χ3n) is 10.3. The lowest BCUT2D eigenvalue weighted by atomic mass is 9.39. The zero-order valence-electron chi connectivity index (χ0n) is 20.9. The van der Waals surface area contributed by atoms with Crippen LogP contribution >= 0.6 is 0 Å². The van der Waals surface area contributed by atoms with E-state index in [1.54, 1.807) is 0 Å². The molecule has 3 heteroatoms. The first-order valence-electron chi connectivity index (χ1n) is 13.4.